The Morgan fingerprint density at radius 2 is 2.18 bits per heavy atom. The van der Waals surface area contributed by atoms with Gasteiger partial charge in [0.25, 0.3) is 0 Å². The topological polar surface area (TPSA) is 61.3 Å². The average Bonchev–Trinajstić information content (AvgIpc) is 2.40. The zero-order chi connectivity index (χ0) is 12.3. The number of allylic oxidation sites excluding steroid dienone is 3. The molecule has 1 aromatic carbocycles. The highest BCUT2D eigenvalue weighted by atomic mass is 16.5. The van der Waals surface area contributed by atoms with Crippen molar-refractivity contribution in [1.82, 2.24) is 0 Å². The second kappa shape index (κ2) is 4.63. The van der Waals surface area contributed by atoms with E-state index in [0.717, 1.165) is 12.0 Å². The molecule has 1 unspecified atom stereocenters. The molecule has 1 atom stereocenters. The molecule has 0 amide bonds. The van der Waals surface area contributed by atoms with Crippen LogP contribution in [-0.2, 0) is 5.41 Å². The summed E-state index contributed by atoms with van der Waals surface area (Å²) in [5.41, 5.74) is 13.6. The molecule has 0 saturated carbocycles. The second-order valence-corrected chi connectivity index (χ2v) is 4.27. The summed E-state index contributed by atoms with van der Waals surface area (Å²) >= 11 is 0. The van der Waals surface area contributed by atoms with Crippen LogP contribution in [0.4, 0.5) is 5.69 Å². The molecular weight excluding hydrogens is 212 g/mol. The molecule has 3 heteroatoms. The van der Waals surface area contributed by atoms with Crippen molar-refractivity contribution in [1.29, 1.82) is 0 Å². The van der Waals surface area contributed by atoms with Crippen LogP contribution in [0.1, 0.15) is 12.0 Å². The van der Waals surface area contributed by atoms with Crippen LogP contribution in [-0.4, -0.2) is 13.7 Å². The fourth-order valence-electron chi connectivity index (χ4n) is 2.28. The van der Waals surface area contributed by atoms with Gasteiger partial charge in [-0.2, -0.15) is 0 Å². The van der Waals surface area contributed by atoms with E-state index in [4.69, 9.17) is 16.2 Å². The van der Waals surface area contributed by atoms with E-state index in [-0.39, 0.29) is 5.41 Å². The summed E-state index contributed by atoms with van der Waals surface area (Å²) in [5.74, 6) is 0.707. The Kier molecular flexibility index (Phi) is 3.20. The van der Waals surface area contributed by atoms with Crippen molar-refractivity contribution >= 4 is 5.69 Å². The van der Waals surface area contributed by atoms with Crippen LogP contribution in [0.25, 0.3) is 0 Å². The van der Waals surface area contributed by atoms with Gasteiger partial charge in [-0.1, -0.05) is 36.4 Å². The molecule has 17 heavy (non-hydrogen) atoms. The third-order valence-electron chi connectivity index (χ3n) is 3.33. The number of hydrogen-bond donors (Lipinski definition) is 2. The minimum Gasteiger partial charge on any atom is -0.495 e. The first kappa shape index (κ1) is 11.7. The zero-order valence-corrected chi connectivity index (χ0v) is 10.0. The van der Waals surface area contributed by atoms with Crippen LogP contribution in [0.15, 0.2) is 42.5 Å². The minimum atomic E-state index is -0.201. The number of nitrogen functional groups attached to an aromatic ring is 1. The van der Waals surface area contributed by atoms with E-state index in [0.29, 0.717) is 18.0 Å². The lowest BCUT2D eigenvalue weighted by atomic mass is 9.75. The van der Waals surface area contributed by atoms with Gasteiger partial charge in [0.2, 0.25) is 0 Å². The predicted molar refractivity (Wildman–Crippen MR) is 71.0 cm³/mol. The van der Waals surface area contributed by atoms with Gasteiger partial charge in [-0.25, -0.2) is 0 Å². The number of anilines is 1. The van der Waals surface area contributed by atoms with Gasteiger partial charge < -0.3 is 16.2 Å². The Labute approximate surface area is 102 Å². The number of para-hydroxylation sites is 1. The maximum atomic E-state index is 6.15. The molecule has 0 saturated heterocycles. The summed E-state index contributed by atoms with van der Waals surface area (Å²) in [7, 11) is 1.63. The van der Waals surface area contributed by atoms with E-state index < -0.39 is 0 Å². The fraction of sp³-hybridized carbons (Fsp3) is 0.286. The maximum absolute atomic E-state index is 6.15. The van der Waals surface area contributed by atoms with Gasteiger partial charge in [0.1, 0.15) is 5.75 Å². The lowest BCUT2D eigenvalue weighted by molar-refractivity contribution is 0.415. The van der Waals surface area contributed by atoms with Crippen molar-refractivity contribution in [3.05, 3.63) is 48.1 Å². The number of nitrogens with two attached hydrogens (primary N) is 2. The van der Waals surface area contributed by atoms with Crippen molar-refractivity contribution < 1.29 is 4.74 Å². The van der Waals surface area contributed by atoms with E-state index in [1.807, 2.05) is 30.4 Å². The Morgan fingerprint density at radius 3 is 2.76 bits per heavy atom. The van der Waals surface area contributed by atoms with E-state index in [9.17, 15) is 0 Å². The summed E-state index contributed by atoms with van der Waals surface area (Å²) in [6.45, 7) is 0.533. The van der Waals surface area contributed by atoms with E-state index in [1.54, 1.807) is 7.11 Å². The van der Waals surface area contributed by atoms with Crippen LogP contribution in [0, 0.1) is 0 Å². The summed E-state index contributed by atoms with van der Waals surface area (Å²) in [6.07, 6.45) is 9.17. The van der Waals surface area contributed by atoms with Crippen LogP contribution in [0.2, 0.25) is 0 Å². The third-order valence-corrected chi connectivity index (χ3v) is 3.33. The predicted octanol–water partition coefficient (Wildman–Crippen LogP) is 1.99. The van der Waals surface area contributed by atoms with Crippen LogP contribution in [0.5, 0.6) is 5.75 Å². The molecule has 1 aromatic rings. The number of hydrogen-bond acceptors (Lipinski definition) is 3. The Balaban J connectivity index is 2.51. The SMILES string of the molecule is COc1cccc(C2(CN)C=CC=CC2)c1N. The van der Waals surface area contributed by atoms with Crippen LogP contribution in [0.3, 0.4) is 0 Å². The van der Waals surface area contributed by atoms with Crippen LogP contribution < -0.4 is 16.2 Å². The second-order valence-electron chi connectivity index (χ2n) is 4.27. The maximum Gasteiger partial charge on any atom is 0.142 e. The fourth-order valence-corrected chi connectivity index (χ4v) is 2.28. The van der Waals surface area contributed by atoms with Crippen molar-refractivity contribution in [2.75, 3.05) is 19.4 Å². The monoisotopic (exact) mass is 230 g/mol. The summed E-state index contributed by atoms with van der Waals surface area (Å²) < 4.78 is 5.26. The van der Waals surface area contributed by atoms with Crippen molar-refractivity contribution in [3.8, 4) is 5.75 Å². The largest absolute Gasteiger partial charge is 0.495 e. The Hall–Kier alpha value is -1.74. The first-order chi connectivity index (χ1) is 8.23. The molecule has 1 aliphatic rings. The molecule has 3 nitrogen and oxygen atoms in total. The Bertz CT molecular complexity index is 465. The highest BCUT2D eigenvalue weighted by Crippen LogP contribution is 2.38. The van der Waals surface area contributed by atoms with Gasteiger partial charge >= 0.3 is 0 Å². The first-order valence-electron chi connectivity index (χ1n) is 5.71. The van der Waals surface area contributed by atoms with Gasteiger partial charge in [-0.05, 0) is 18.1 Å². The zero-order valence-electron chi connectivity index (χ0n) is 10.0. The molecule has 0 bridgehead atoms. The highest BCUT2D eigenvalue weighted by molar-refractivity contribution is 5.63. The molecule has 2 rings (SSSR count). The Morgan fingerprint density at radius 1 is 1.35 bits per heavy atom. The number of rotatable bonds is 3. The molecular formula is C14H18N2O. The summed E-state index contributed by atoms with van der Waals surface area (Å²) in [4.78, 5) is 0. The van der Waals surface area contributed by atoms with Gasteiger partial charge in [0, 0.05) is 12.0 Å². The van der Waals surface area contributed by atoms with Gasteiger partial charge in [0.05, 0.1) is 12.8 Å². The standard InChI is InChI=1S/C14H18N2O/c1-17-12-7-5-6-11(13(12)16)14(10-15)8-3-2-4-9-14/h2-8H,9-10,15-16H2,1H3. The molecule has 0 aromatic heterocycles. The lowest BCUT2D eigenvalue weighted by Crippen LogP contribution is -2.34. The molecule has 0 spiro atoms. The van der Waals surface area contributed by atoms with Crippen molar-refractivity contribution in [2.24, 2.45) is 5.73 Å². The smallest absolute Gasteiger partial charge is 0.142 e. The molecule has 0 heterocycles. The molecule has 1 aliphatic carbocycles. The first-order valence-corrected chi connectivity index (χ1v) is 5.71. The molecule has 0 fully saturated rings. The van der Waals surface area contributed by atoms with E-state index in [1.165, 1.54) is 0 Å². The normalized spacial score (nSPS) is 22.7. The molecule has 0 radical (unpaired) electrons. The lowest BCUT2D eigenvalue weighted by Gasteiger charge is -2.32. The summed E-state index contributed by atoms with van der Waals surface area (Å²) in [6, 6.07) is 5.84. The van der Waals surface area contributed by atoms with Crippen molar-refractivity contribution in [3.63, 3.8) is 0 Å². The summed E-state index contributed by atoms with van der Waals surface area (Å²) in [5, 5.41) is 0. The van der Waals surface area contributed by atoms with E-state index >= 15 is 0 Å². The van der Waals surface area contributed by atoms with Crippen LogP contribution >= 0.6 is 0 Å². The quantitative estimate of drug-likeness (QED) is 0.781. The van der Waals surface area contributed by atoms with E-state index in [2.05, 4.69) is 12.2 Å². The third kappa shape index (κ3) is 1.94. The van der Waals surface area contributed by atoms with Gasteiger partial charge in [-0.3, -0.25) is 0 Å². The molecule has 4 N–H and O–H groups in total. The van der Waals surface area contributed by atoms with Gasteiger partial charge in [0.15, 0.2) is 0 Å². The minimum absolute atomic E-state index is 0.201. The molecule has 0 aliphatic heterocycles. The average molecular weight is 230 g/mol. The van der Waals surface area contributed by atoms with Gasteiger partial charge in [-0.15, -0.1) is 0 Å². The highest BCUT2D eigenvalue weighted by Gasteiger charge is 2.30. The number of ether oxygens (including phenoxy) is 1. The number of benzene rings is 1. The molecule has 90 valence electrons. The number of methoxy groups -OCH3 is 1. The van der Waals surface area contributed by atoms with Crippen molar-refractivity contribution in [2.45, 2.75) is 11.8 Å².